The molecular weight excluding hydrogens is 264 g/mol. The monoisotopic (exact) mass is 288 g/mol. The number of benzene rings is 1. The van der Waals surface area contributed by atoms with Crippen molar-refractivity contribution in [2.24, 2.45) is 5.92 Å². The van der Waals surface area contributed by atoms with Gasteiger partial charge in [0.05, 0.1) is 0 Å². The summed E-state index contributed by atoms with van der Waals surface area (Å²) in [5.41, 5.74) is 0.736. The minimum atomic E-state index is 0.0639. The Morgan fingerprint density at radius 1 is 1.24 bits per heavy atom. The largest absolute Gasteiger partial charge is 0.353 e. The van der Waals surface area contributed by atoms with E-state index in [1.165, 1.54) is 0 Å². The van der Waals surface area contributed by atoms with Gasteiger partial charge in [0.25, 0.3) is 5.91 Å². The summed E-state index contributed by atoms with van der Waals surface area (Å²) < 4.78 is 0. The molecule has 4 nitrogen and oxygen atoms in total. The van der Waals surface area contributed by atoms with Crippen molar-refractivity contribution >= 4 is 11.8 Å². The van der Waals surface area contributed by atoms with Gasteiger partial charge < -0.3 is 10.2 Å². The van der Waals surface area contributed by atoms with Crippen molar-refractivity contribution in [3.05, 3.63) is 35.9 Å². The number of nitrogens with one attached hydrogen (secondary N) is 1. The van der Waals surface area contributed by atoms with Crippen molar-refractivity contribution in [3.63, 3.8) is 0 Å². The summed E-state index contributed by atoms with van der Waals surface area (Å²) in [4.78, 5) is 26.1. The molecule has 0 aliphatic carbocycles. The lowest BCUT2D eigenvalue weighted by Crippen LogP contribution is -2.47. The average molecular weight is 288 g/mol. The molecule has 21 heavy (non-hydrogen) atoms. The number of rotatable bonds is 4. The maximum absolute atomic E-state index is 12.3. The summed E-state index contributed by atoms with van der Waals surface area (Å²) in [5.74, 6) is 0.279. The van der Waals surface area contributed by atoms with Gasteiger partial charge in [-0.3, -0.25) is 9.59 Å². The van der Waals surface area contributed by atoms with Crippen molar-refractivity contribution in [2.45, 2.75) is 39.2 Å². The van der Waals surface area contributed by atoms with Crippen LogP contribution in [0.25, 0.3) is 0 Å². The molecule has 0 spiro atoms. The topological polar surface area (TPSA) is 49.4 Å². The quantitative estimate of drug-likeness (QED) is 0.925. The van der Waals surface area contributed by atoms with Crippen LogP contribution in [0, 0.1) is 5.92 Å². The van der Waals surface area contributed by atoms with E-state index in [0.717, 1.165) is 24.8 Å². The third kappa shape index (κ3) is 4.06. The highest BCUT2D eigenvalue weighted by atomic mass is 16.2. The Balaban J connectivity index is 1.83. The molecule has 0 aromatic heterocycles. The van der Waals surface area contributed by atoms with E-state index in [4.69, 9.17) is 0 Å². The SMILES string of the molecule is CCC(C)C(=O)NC1CCN(C(=O)c2ccccc2)CC1. The van der Waals surface area contributed by atoms with Crippen molar-refractivity contribution in [1.29, 1.82) is 0 Å². The standard InChI is InChI=1S/C17H24N2O2/c1-3-13(2)16(20)18-15-9-11-19(12-10-15)17(21)14-7-5-4-6-8-14/h4-8,13,15H,3,9-12H2,1-2H3,(H,18,20). The Bertz CT molecular complexity index is 479. The zero-order chi connectivity index (χ0) is 15.2. The molecule has 4 heteroatoms. The van der Waals surface area contributed by atoms with Crippen LogP contribution in [-0.2, 0) is 4.79 Å². The Morgan fingerprint density at radius 2 is 1.86 bits per heavy atom. The van der Waals surface area contributed by atoms with Gasteiger partial charge >= 0.3 is 0 Å². The first-order valence-electron chi connectivity index (χ1n) is 7.76. The van der Waals surface area contributed by atoms with Gasteiger partial charge in [-0.2, -0.15) is 0 Å². The second kappa shape index (κ2) is 7.25. The lowest BCUT2D eigenvalue weighted by molar-refractivity contribution is -0.125. The van der Waals surface area contributed by atoms with Crippen molar-refractivity contribution in [3.8, 4) is 0 Å². The summed E-state index contributed by atoms with van der Waals surface area (Å²) in [6.07, 6.45) is 2.53. The first kappa shape index (κ1) is 15.5. The molecule has 1 N–H and O–H groups in total. The highest BCUT2D eigenvalue weighted by Gasteiger charge is 2.25. The molecule has 2 amide bonds. The van der Waals surface area contributed by atoms with Gasteiger partial charge in [-0.15, -0.1) is 0 Å². The molecule has 1 heterocycles. The van der Waals surface area contributed by atoms with E-state index in [-0.39, 0.29) is 23.8 Å². The van der Waals surface area contributed by atoms with Crippen molar-refractivity contribution in [2.75, 3.05) is 13.1 Å². The third-order valence-electron chi connectivity index (χ3n) is 4.21. The van der Waals surface area contributed by atoms with E-state index >= 15 is 0 Å². The van der Waals surface area contributed by atoms with Gasteiger partial charge in [-0.1, -0.05) is 32.0 Å². The average Bonchev–Trinajstić information content (AvgIpc) is 2.55. The lowest BCUT2D eigenvalue weighted by atomic mass is 10.0. The fourth-order valence-electron chi connectivity index (χ4n) is 2.52. The Kier molecular flexibility index (Phi) is 5.37. The smallest absolute Gasteiger partial charge is 0.253 e. The predicted molar refractivity (Wildman–Crippen MR) is 83.0 cm³/mol. The van der Waals surface area contributed by atoms with Crippen LogP contribution in [-0.4, -0.2) is 35.8 Å². The first-order valence-corrected chi connectivity index (χ1v) is 7.76. The zero-order valence-corrected chi connectivity index (χ0v) is 12.8. The number of likely N-dealkylation sites (tertiary alicyclic amines) is 1. The Labute approximate surface area is 126 Å². The molecule has 0 radical (unpaired) electrons. The van der Waals surface area contributed by atoms with Crippen LogP contribution in [0.1, 0.15) is 43.5 Å². The fourth-order valence-corrected chi connectivity index (χ4v) is 2.52. The van der Waals surface area contributed by atoms with Gasteiger partial charge in [-0.05, 0) is 31.4 Å². The molecule has 1 atom stereocenters. The van der Waals surface area contributed by atoms with E-state index in [0.29, 0.717) is 13.1 Å². The van der Waals surface area contributed by atoms with E-state index in [2.05, 4.69) is 5.32 Å². The number of hydrogen-bond donors (Lipinski definition) is 1. The Hall–Kier alpha value is -1.84. The first-order chi connectivity index (χ1) is 10.1. The molecule has 114 valence electrons. The van der Waals surface area contributed by atoms with Crippen molar-refractivity contribution < 1.29 is 9.59 Å². The minimum Gasteiger partial charge on any atom is -0.353 e. The molecule has 0 bridgehead atoms. The second-order valence-corrected chi connectivity index (χ2v) is 5.75. The van der Waals surface area contributed by atoms with Gasteiger partial charge in [0, 0.05) is 30.6 Å². The van der Waals surface area contributed by atoms with Crippen LogP contribution >= 0.6 is 0 Å². The molecule has 1 fully saturated rings. The number of nitrogens with zero attached hydrogens (tertiary/aromatic N) is 1. The lowest BCUT2D eigenvalue weighted by Gasteiger charge is -2.33. The van der Waals surface area contributed by atoms with Gasteiger partial charge in [0.15, 0.2) is 0 Å². The van der Waals surface area contributed by atoms with Gasteiger partial charge in [0.2, 0.25) is 5.91 Å². The van der Waals surface area contributed by atoms with Crippen LogP contribution in [0.5, 0.6) is 0 Å². The molecule has 1 aromatic rings. The van der Waals surface area contributed by atoms with E-state index in [1.54, 1.807) is 0 Å². The maximum Gasteiger partial charge on any atom is 0.253 e. The second-order valence-electron chi connectivity index (χ2n) is 5.75. The number of carbonyl (C=O) groups is 2. The minimum absolute atomic E-state index is 0.0639. The summed E-state index contributed by atoms with van der Waals surface area (Å²) in [6.45, 7) is 5.38. The molecular formula is C17H24N2O2. The summed E-state index contributed by atoms with van der Waals surface area (Å²) in [6, 6.07) is 9.57. The molecule has 0 saturated carbocycles. The van der Waals surface area contributed by atoms with Crippen LogP contribution in [0.4, 0.5) is 0 Å². The molecule has 1 aromatic carbocycles. The van der Waals surface area contributed by atoms with Crippen LogP contribution in [0.15, 0.2) is 30.3 Å². The highest BCUT2D eigenvalue weighted by Crippen LogP contribution is 2.14. The Morgan fingerprint density at radius 3 is 2.43 bits per heavy atom. The van der Waals surface area contributed by atoms with E-state index in [1.807, 2.05) is 49.1 Å². The van der Waals surface area contributed by atoms with Crippen LogP contribution < -0.4 is 5.32 Å². The summed E-state index contributed by atoms with van der Waals surface area (Å²) in [7, 11) is 0. The van der Waals surface area contributed by atoms with Gasteiger partial charge in [-0.25, -0.2) is 0 Å². The number of carbonyl (C=O) groups excluding carboxylic acids is 2. The van der Waals surface area contributed by atoms with Gasteiger partial charge in [0.1, 0.15) is 0 Å². The van der Waals surface area contributed by atoms with E-state index < -0.39 is 0 Å². The number of piperidine rings is 1. The molecule has 1 saturated heterocycles. The normalized spacial score (nSPS) is 17.3. The molecule has 1 aliphatic rings. The molecule has 1 aliphatic heterocycles. The summed E-state index contributed by atoms with van der Waals surface area (Å²) in [5, 5.41) is 3.09. The van der Waals surface area contributed by atoms with E-state index in [9.17, 15) is 9.59 Å². The zero-order valence-electron chi connectivity index (χ0n) is 12.8. The van der Waals surface area contributed by atoms with Crippen LogP contribution in [0.2, 0.25) is 0 Å². The third-order valence-corrected chi connectivity index (χ3v) is 4.21. The maximum atomic E-state index is 12.3. The number of hydrogen-bond acceptors (Lipinski definition) is 2. The van der Waals surface area contributed by atoms with Crippen molar-refractivity contribution in [1.82, 2.24) is 10.2 Å². The predicted octanol–water partition coefficient (Wildman–Crippen LogP) is 2.45. The number of amides is 2. The fraction of sp³-hybridized carbons (Fsp3) is 0.529. The molecule has 2 rings (SSSR count). The highest BCUT2D eigenvalue weighted by molar-refractivity contribution is 5.94. The van der Waals surface area contributed by atoms with Crippen LogP contribution in [0.3, 0.4) is 0 Å². The summed E-state index contributed by atoms with van der Waals surface area (Å²) >= 11 is 0. The molecule has 1 unspecified atom stereocenters.